The summed E-state index contributed by atoms with van der Waals surface area (Å²) in [5.41, 5.74) is 10.1. The summed E-state index contributed by atoms with van der Waals surface area (Å²) in [7, 11) is 0. The van der Waals surface area contributed by atoms with Gasteiger partial charge in [-0.15, -0.1) is 0 Å². The van der Waals surface area contributed by atoms with Gasteiger partial charge >= 0.3 is 211 Å². The van der Waals surface area contributed by atoms with E-state index in [2.05, 4.69) is 129 Å². The van der Waals surface area contributed by atoms with Crippen molar-refractivity contribution in [3.8, 4) is 11.1 Å². The van der Waals surface area contributed by atoms with Crippen LogP contribution in [0.25, 0.3) is 11.1 Å². The second kappa shape index (κ2) is 11.4. The normalized spacial score (nSPS) is 14.8. The van der Waals surface area contributed by atoms with Crippen LogP contribution in [0.5, 0.6) is 0 Å². The van der Waals surface area contributed by atoms with Crippen molar-refractivity contribution < 1.29 is 46.1 Å². The summed E-state index contributed by atoms with van der Waals surface area (Å²) in [4.78, 5) is 0. The molecule has 1 atom stereocenters. The van der Waals surface area contributed by atoms with Crippen LogP contribution in [-0.2, 0) is 27.7 Å². The topological polar surface area (TPSA) is 0 Å². The second-order valence-corrected chi connectivity index (χ2v) is 15.3. The zero-order valence-electron chi connectivity index (χ0n) is 20.5. The van der Waals surface area contributed by atoms with Crippen molar-refractivity contribution in [1.82, 2.24) is 0 Å². The van der Waals surface area contributed by atoms with Gasteiger partial charge in [0.15, 0.2) is 0 Å². The zero-order chi connectivity index (χ0) is 23.1. The van der Waals surface area contributed by atoms with Crippen LogP contribution in [0.3, 0.4) is 0 Å². The number of halogens is 2. The van der Waals surface area contributed by atoms with Gasteiger partial charge in [-0.05, 0) is 0 Å². The quantitative estimate of drug-likeness (QED) is 0.298. The molecule has 1 unspecified atom stereocenters. The molecule has 0 nitrogen and oxygen atoms in total. The van der Waals surface area contributed by atoms with Crippen LogP contribution in [0.2, 0.25) is 0 Å². The third-order valence-electron chi connectivity index (χ3n) is 7.17. The summed E-state index contributed by atoms with van der Waals surface area (Å²) in [6, 6.07) is 38.4. The van der Waals surface area contributed by atoms with Crippen LogP contribution < -0.4 is 28.1 Å². The minimum atomic E-state index is -2.57. The predicted molar refractivity (Wildman–Crippen MR) is 141 cm³/mol. The smallest absolute Gasteiger partial charge is 1.00 e. The van der Waals surface area contributed by atoms with E-state index in [4.69, 9.17) is 0 Å². The molecule has 3 heteroatoms. The van der Waals surface area contributed by atoms with Gasteiger partial charge < -0.3 is 24.8 Å². The summed E-state index contributed by atoms with van der Waals surface area (Å²) < 4.78 is 4.92. The molecule has 0 saturated heterocycles. The van der Waals surface area contributed by atoms with Crippen molar-refractivity contribution in [1.29, 1.82) is 0 Å². The largest absolute Gasteiger partial charge is 1.00 e. The molecule has 2 aliphatic rings. The average molecular weight is 587 g/mol. The molecular formula is C33H28Cl2Zr. The first-order chi connectivity index (χ1) is 16.7. The van der Waals surface area contributed by atoms with Crippen molar-refractivity contribution in [3.05, 3.63) is 146 Å². The first-order valence-electron chi connectivity index (χ1n) is 12.2. The maximum Gasteiger partial charge on any atom is -1.00 e. The van der Waals surface area contributed by atoms with Crippen LogP contribution >= 0.6 is 0 Å². The van der Waals surface area contributed by atoms with Gasteiger partial charge in [0.05, 0.1) is 0 Å². The van der Waals surface area contributed by atoms with E-state index >= 15 is 0 Å². The fourth-order valence-corrected chi connectivity index (χ4v) is 14.2. The minimum Gasteiger partial charge on any atom is -1.00 e. The molecule has 0 aromatic heterocycles. The fourth-order valence-electron chi connectivity index (χ4n) is 5.70. The van der Waals surface area contributed by atoms with E-state index in [1.807, 2.05) is 0 Å². The van der Waals surface area contributed by atoms with Crippen LogP contribution in [-0.4, -0.2) is 3.21 Å². The molecule has 0 bridgehead atoms. The maximum absolute atomic E-state index is 2.57. The summed E-state index contributed by atoms with van der Waals surface area (Å²) in [6.07, 6.45) is 6.03. The SMILES string of the molecule is CC1=CC(C)[C]([Zr+2](=[C](c2ccccc2)c2ccccc2)[c]2cccc3c2Cc2ccccc2-3)=C1.[Cl-].[Cl-]. The van der Waals surface area contributed by atoms with E-state index in [9.17, 15) is 0 Å². The van der Waals surface area contributed by atoms with Crippen molar-refractivity contribution in [2.24, 2.45) is 5.92 Å². The number of allylic oxidation sites excluding steroid dienone is 4. The van der Waals surface area contributed by atoms with E-state index in [0.29, 0.717) is 5.92 Å². The Bertz CT molecular complexity index is 1440. The molecule has 6 rings (SSSR count). The van der Waals surface area contributed by atoms with Crippen LogP contribution in [0.1, 0.15) is 36.1 Å². The third kappa shape index (κ3) is 4.82. The Balaban J connectivity index is 0.00000152. The number of benzene rings is 4. The van der Waals surface area contributed by atoms with Gasteiger partial charge in [0.2, 0.25) is 0 Å². The van der Waals surface area contributed by atoms with Crippen molar-refractivity contribution in [2.75, 3.05) is 0 Å². The molecule has 2 aliphatic carbocycles. The maximum atomic E-state index is 2.52. The Kier molecular flexibility index (Phi) is 8.46. The molecular weight excluding hydrogens is 558 g/mol. The molecule has 0 aliphatic heterocycles. The van der Waals surface area contributed by atoms with Crippen LogP contribution in [0.15, 0.2) is 124 Å². The van der Waals surface area contributed by atoms with Crippen LogP contribution in [0.4, 0.5) is 0 Å². The first kappa shape index (κ1) is 26.7. The second-order valence-electron chi connectivity index (χ2n) is 9.45. The molecule has 4 aromatic rings. The molecule has 0 heterocycles. The average Bonchev–Trinajstić information content (AvgIpc) is 3.42. The Morgan fingerprint density at radius 3 is 1.89 bits per heavy atom. The Morgan fingerprint density at radius 2 is 1.28 bits per heavy atom. The number of fused-ring (bicyclic) bond motifs is 3. The molecule has 178 valence electrons. The van der Waals surface area contributed by atoms with Gasteiger partial charge in [-0.3, -0.25) is 0 Å². The number of rotatable bonds is 4. The standard InChI is InChI=1S/C13H9.C13H10.C7H9.2ClH.Zr/c1-3-7-12-10(5-1)9-11-6-2-4-8-13(11)12;1-3-7-12(8-4-1)11-13-9-5-2-6-10-13;1-6-3-4-7(2)5-6;;;/h1-5,7-8H,9H2;1-10H;3,5,7H,1-2H3;2*1H;/q;;;;;+2/p-2. The zero-order valence-corrected chi connectivity index (χ0v) is 24.5. The molecule has 0 spiro atoms. The number of hydrogen-bond acceptors (Lipinski definition) is 0. The van der Waals surface area contributed by atoms with Gasteiger partial charge in [0.25, 0.3) is 0 Å². The Labute approximate surface area is 234 Å². The molecule has 0 radical (unpaired) electrons. The Morgan fingerprint density at radius 1 is 0.694 bits per heavy atom. The van der Waals surface area contributed by atoms with Gasteiger partial charge in [-0.25, -0.2) is 0 Å². The van der Waals surface area contributed by atoms with E-state index in [1.54, 1.807) is 15.3 Å². The molecule has 0 amide bonds. The molecule has 0 fully saturated rings. The molecule has 0 saturated carbocycles. The monoisotopic (exact) mass is 584 g/mol. The van der Waals surface area contributed by atoms with Gasteiger partial charge in [-0.1, -0.05) is 0 Å². The van der Waals surface area contributed by atoms with Crippen molar-refractivity contribution in [3.63, 3.8) is 0 Å². The third-order valence-corrected chi connectivity index (χ3v) is 15.2. The Hall–Kier alpha value is -2.31. The molecule has 4 aromatic carbocycles. The molecule has 36 heavy (non-hydrogen) atoms. The van der Waals surface area contributed by atoms with E-state index in [1.165, 1.54) is 33.4 Å². The fraction of sp³-hybridized carbons (Fsp3) is 0.121. The van der Waals surface area contributed by atoms with Crippen LogP contribution in [0, 0.1) is 5.92 Å². The predicted octanol–water partition coefficient (Wildman–Crippen LogP) is 1.26. The number of hydrogen-bond donors (Lipinski definition) is 0. The van der Waals surface area contributed by atoms with Gasteiger partial charge in [0, 0.05) is 0 Å². The summed E-state index contributed by atoms with van der Waals surface area (Å²) >= 11 is -2.57. The van der Waals surface area contributed by atoms with Crippen molar-refractivity contribution >= 4 is 6.48 Å². The summed E-state index contributed by atoms with van der Waals surface area (Å²) in [6.45, 7) is 4.66. The minimum absolute atomic E-state index is 0. The van der Waals surface area contributed by atoms with Gasteiger partial charge in [-0.2, -0.15) is 0 Å². The first-order valence-corrected chi connectivity index (χ1v) is 15.9. The van der Waals surface area contributed by atoms with Crippen molar-refractivity contribution in [2.45, 2.75) is 20.3 Å². The van der Waals surface area contributed by atoms with E-state index < -0.39 is 21.3 Å². The molecule has 0 N–H and O–H groups in total. The summed E-state index contributed by atoms with van der Waals surface area (Å²) in [5.74, 6) is 0.497. The summed E-state index contributed by atoms with van der Waals surface area (Å²) in [5, 5.41) is 0. The van der Waals surface area contributed by atoms with E-state index in [0.717, 1.165) is 6.42 Å². The van der Waals surface area contributed by atoms with Gasteiger partial charge in [0.1, 0.15) is 0 Å². The van der Waals surface area contributed by atoms with E-state index in [-0.39, 0.29) is 24.8 Å².